The molecule has 0 saturated heterocycles. The highest BCUT2D eigenvalue weighted by atomic mass is 19.4. The average molecular weight is 711 g/mol. The topological polar surface area (TPSA) is 219 Å². The fourth-order valence-electron chi connectivity index (χ4n) is 3.62. The number of aromatic amines is 2. The Morgan fingerprint density at radius 2 is 1.30 bits per heavy atom. The number of nitrogens with two attached hydrogens (primary N) is 1. The van der Waals surface area contributed by atoms with E-state index in [1.807, 2.05) is 0 Å². The highest BCUT2D eigenvalue weighted by molar-refractivity contribution is 5.97. The lowest BCUT2D eigenvalue weighted by molar-refractivity contribution is -0.275. The molecule has 20 heteroatoms. The van der Waals surface area contributed by atoms with Crippen molar-refractivity contribution < 1.29 is 55.4 Å². The van der Waals surface area contributed by atoms with Gasteiger partial charge >= 0.3 is 18.7 Å². The number of alkyl halides is 6. The van der Waals surface area contributed by atoms with E-state index in [1.54, 1.807) is 32.0 Å². The number of hydrogen-bond donors (Lipinski definition) is 5. The van der Waals surface area contributed by atoms with Gasteiger partial charge in [-0.3, -0.25) is 9.59 Å². The lowest BCUT2D eigenvalue weighted by Gasteiger charge is -2.08. The summed E-state index contributed by atoms with van der Waals surface area (Å²) in [6.07, 6.45) is -9.48. The van der Waals surface area contributed by atoms with E-state index in [0.29, 0.717) is 22.5 Å². The van der Waals surface area contributed by atoms with Crippen molar-refractivity contribution in [1.82, 2.24) is 20.1 Å². The lowest BCUT2D eigenvalue weighted by atomic mass is 10.2. The fraction of sp³-hybridized carbons (Fsp3) is 0.133. The summed E-state index contributed by atoms with van der Waals surface area (Å²) < 4.78 is 84.1. The molecule has 0 aliphatic rings. The molecule has 14 nitrogen and oxygen atoms in total. The predicted octanol–water partition coefficient (Wildman–Crippen LogP) is 5.36. The molecule has 264 valence electrons. The van der Waals surface area contributed by atoms with Gasteiger partial charge in [0.25, 0.3) is 17.0 Å². The number of H-pyrrole nitrogens is 2. The van der Waals surface area contributed by atoms with Gasteiger partial charge in [-0.25, -0.2) is 4.79 Å². The van der Waals surface area contributed by atoms with E-state index < -0.39 is 24.3 Å². The SMILES string of the molecule is Cc1ccc(-c2nc(-c3ccc(OC(F)(F)F)cc3)no2)c(=O)[nH]1.Cc1ccc(C(=O)O)c(=O)[nH]1.NC(=NO)c1ccc(OC(F)(F)F)cc1. The van der Waals surface area contributed by atoms with Crippen molar-refractivity contribution in [2.24, 2.45) is 10.9 Å². The standard InChI is InChI=1S/C15H10F3N3O3.C8H7F3N2O2.C7H7NO3/c1-8-2-7-11(13(22)19-8)14-20-12(21-24-14)9-3-5-10(6-4-9)23-15(16,17)18;9-8(10,11)15-6-3-1-5(2-4-6)7(12)13-14;1-4-2-3-5(7(10)11)6(9)8-4/h2-7H,1H3,(H,19,22);1-4,14H,(H2,12,13);2-3H,1H3,(H,8,9)(H,10,11). The van der Waals surface area contributed by atoms with Gasteiger partial charge < -0.3 is 40.0 Å². The van der Waals surface area contributed by atoms with Crippen LogP contribution in [0, 0.1) is 13.8 Å². The van der Waals surface area contributed by atoms with Gasteiger partial charge in [0.2, 0.25) is 5.82 Å². The summed E-state index contributed by atoms with van der Waals surface area (Å²) in [4.78, 5) is 42.1. The van der Waals surface area contributed by atoms with E-state index in [-0.39, 0.29) is 45.7 Å². The maximum Gasteiger partial charge on any atom is 0.573 e. The number of carboxylic acids is 1. The summed E-state index contributed by atoms with van der Waals surface area (Å²) in [5.41, 5.74) is 6.31. The highest BCUT2D eigenvalue weighted by Crippen LogP contribution is 2.26. The number of benzene rings is 2. The summed E-state index contributed by atoms with van der Waals surface area (Å²) >= 11 is 0. The number of amidine groups is 1. The maximum atomic E-state index is 12.1. The Hall–Kier alpha value is -6.60. The Kier molecular flexibility index (Phi) is 12.1. The Bertz CT molecular complexity index is 2060. The molecule has 5 aromatic rings. The third kappa shape index (κ3) is 11.6. The van der Waals surface area contributed by atoms with E-state index in [2.05, 4.69) is 34.7 Å². The second kappa shape index (κ2) is 16.0. The molecule has 6 N–H and O–H groups in total. The van der Waals surface area contributed by atoms with Crippen LogP contribution in [0.5, 0.6) is 11.5 Å². The molecule has 0 spiro atoms. The van der Waals surface area contributed by atoms with Gasteiger partial charge in [0.15, 0.2) is 5.84 Å². The number of aromatic nitrogens is 4. The smallest absolute Gasteiger partial charge is 0.477 e. The van der Waals surface area contributed by atoms with Gasteiger partial charge in [-0.15, -0.1) is 26.3 Å². The number of oxime groups is 1. The van der Waals surface area contributed by atoms with Gasteiger partial charge in [0, 0.05) is 22.5 Å². The molecule has 0 atom stereocenters. The van der Waals surface area contributed by atoms with Crippen molar-refractivity contribution in [3.05, 3.63) is 116 Å². The van der Waals surface area contributed by atoms with Gasteiger partial charge in [0.1, 0.15) is 22.6 Å². The predicted molar refractivity (Wildman–Crippen MR) is 162 cm³/mol. The molecule has 0 amide bonds. The Morgan fingerprint density at radius 3 is 1.76 bits per heavy atom. The molecule has 5 rings (SSSR count). The first-order valence-electron chi connectivity index (χ1n) is 13.5. The minimum absolute atomic E-state index is 0.0156. The third-order valence-electron chi connectivity index (χ3n) is 5.83. The molecule has 0 saturated carbocycles. The second-order valence-corrected chi connectivity index (χ2v) is 9.63. The van der Waals surface area contributed by atoms with Crippen LogP contribution in [-0.4, -0.2) is 55.0 Å². The van der Waals surface area contributed by atoms with Gasteiger partial charge in [-0.2, -0.15) is 4.98 Å². The number of pyridine rings is 2. The summed E-state index contributed by atoms with van der Waals surface area (Å²) in [6.45, 7) is 3.42. The zero-order valence-electron chi connectivity index (χ0n) is 25.5. The number of carboxylic acid groups (broad SMARTS) is 1. The van der Waals surface area contributed by atoms with Crippen molar-refractivity contribution in [1.29, 1.82) is 0 Å². The van der Waals surface area contributed by atoms with E-state index >= 15 is 0 Å². The summed E-state index contributed by atoms with van der Waals surface area (Å²) in [5, 5.41) is 23.2. The lowest BCUT2D eigenvalue weighted by Crippen LogP contribution is -2.17. The number of nitrogens with zero attached hydrogens (tertiary/aromatic N) is 3. The zero-order valence-corrected chi connectivity index (χ0v) is 25.5. The summed E-state index contributed by atoms with van der Waals surface area (Å²) in [6, 6.07) is 15.7. The number of aromatic carboxylic acids is 1. The van der Waals surface area contributed by atoms with Gasteiger partial charge in [0.05, 0.1) is 0 Å². The number of ether oxygens (including phenoxy) is 2. The van der Waals surface area contributed by atoms with E-state index in [1.165, 1.54) is 30.3 Å². The quantitative estimate of drug-likeness (QED) is 0.0497. The van der Waals surface area contributed by atoms with E-state index in [9.17, 15) is 40.7 Å². The summed E-state index contributed by atoms with van der Waals surface area (Å²) in [7, 11) is 0. The number of hydrogen-bond acceptors (Lipinski definition) is 10. The molecule has 0 unspecified atom stereocenters. The fourth-order valence-corrected chi connectivity index (χ4v) is 3.62. The molecular formula is C30H24F6N6O8. The third-order valence-corrected chi connectivity index (χ3v) is 5.83. The number of carbonyl (C=O) groups is 1. The first-order valence-corrected chi connectivity index (χ1v) is 13.5. The number of nitrogens with one attached hydrogen (secondary N) is 2. The van der Waals surface area contributed by atoms with Crippen LogP contribution in [0.1, 0.15) is 27.3 Å². The molecule has 0 aliphatic carbocycles. The maximum absolute atomic E-state index is 12.1. The van der Waals surface area contributed by atoms with Crippen LogP contribution in [0.25, 0.3) is 22.8 Å². The van der Waals surface area contributed by atoms with Gasteiger partial charge in [-0.05, 0) is 86.6 Å². The first-order chi connectivity index (χ1) is 23.3. The minimum atomic E-state index is -4.76. The highest BCUT2D eigenvalue weighted by Gasteiger charge is 2.31. The van der Waals surface area contributed by atoms with Crippen LogP contribution in [0.4, 0.5) is 26.3 Å². The molecule has 0 radical (unpaired) electrons. The van der Waals surface area contributed by atoms with Crippen molar-refractivity contribution >= 4 is 11.8 Å². The van der Waals surface area contributed by atoms with Crippen LogP contribution in [0.2, 0.25) is 0 Å². The van der Waals surface area contributed by atoms with E-state index in [0.717, 1.165) is 24.3 Å². The number of halogens is 6. The molecule has 3 heterocycles. The van der Waals surface area contributed by atoms with Crippen LogP contribution in [0.3, 0.4) is 0 Å². The molecule has 0 aliphatic heterocycles. The van der Waals surface area contributed by atoms with Crippen molar-refractivity contribution in [3.63, 3.8) is 0 Å². The second-order valence-electron chi connectivity index (χ2n) is 9.63. The molecule has 3 aromatic heterocycles. The van der Waals surface area contributed by atoms with Crippen LogP contribution in [0.15, 0.2) is 92.1 Å². The number of aryl methyl sites for hydroxylation is 2. The Labute approximate surface area is 275 Å². The van der Waals surface area contributed by atoms with Crippen LogP contribution in [-0.2, 0) is 0 Å². The Morgan fingerprint density at radius 1 is 0.800 bits per heavy atom. The zero-order chi connectivity index (χ0) is 37.2. The first kappa shape index (κ1) is 37.9. The monoisotopic (exact) mass is 710 g/mol. The minimum Gasteiger partial charge on any atom is -0.477 e. The van der Waals surface area contributed by atoms with Gasteiger partial charge in [-0.1, -0.05) is 10.3 Å². The van der Waals surface area contributed by atoms with Crippen molar-refractivity contribution in [3.8, 4) is 34.3 Å². The molecule has 0 bridgehead atoms. The molecule has 0 fully saturated rings. The largest absolute Gasteiger partial charge is 0.573 e. The Balaban J connectivity index is 0.000000222. The average Bonchev–Trinajstić information content (AvgIpc) is 3.50. The summed E-state index contributed by atoms with van der Waals surface area (Å²) in [5.74, 6) is -1.95. The van der Waals surface area contributed by atoms with E-state index in [4.69, 9.17) is 20.6 Å². The molecule has 50 heavy (non-hydrogen) atoms. The van der Waals surface area contributed by atoms with Crippen molar-refractivity contribution in [2.45, 2.75) is 26.6 Å². The van der Waals surface area contributed by atoms with Crippen molar-refractivity contribution in [2.75, 3.05) is 0 Å². The van der Waals surface area contributed by atoms with Crippen LogP contribution < -0.4 is 26.3 Å². The van der Waals surface area contributed by atoms with Crippen LogP contribution >= 0.6 is 0 Å². The normalized spacial score (nSPS) is 11.4. The number of rotatable bonds is 6. The molecular weight excluding hydrogens is 686 g/mol. The molecule has 2 aromatic carbocycles.